The number of rotatable bonds is 4. The van der Waals surface area contributed by atoms with Crippen LogP contribution in [-0.4, -0.2) is 29.5 Å². The fourth-order valence-electron chi connectivity index (χ4n) is 9.07. The third kappa shape index (κ3) is 5.26. The second kappa shape index (κ2) is 12.6. The first-order valence-corrected chi connectivity index (χ1v) is 20.4. The Morgan fingerprint density at radius 1 is 0.434 bits per heavy atom. The summed E-state index contributed by atoms with van der Waals surface area (Å²) < 4.78 is 0. The first-order valence-electron chi connectivity index (χ1n) is 18.4. The minimum absolute atomic E-state index is 0.869. The van der Waals surface area contributed by atoms with Crippen LogP contribution in [0.25, 0.3) is 11.1 Å². The van der Waals surface area contributed by atoms with Gasteiger partial charge in [0.25, 0.3) is 0 Å². The SMILES string of the molecule is Cc1cc(C)c(/C2=C3\C=CC(=N3)C3=N/C(=C(/c4c(C)cc(C)cc4C)c4ccc([nH]4)[Si](c4ccccc4)(c4ccccc4)c4ccc2[nH]4)C=C3)c(C)c1. The number of hydrogen-bond acceptors (Lipinski definition) is 2. The van der Waals surface area contributed by atoms with Crippen molar-refractivity contribution in [1.29, 1.82) is 0 Å². The van der Waals surface area contributed by atoms with Gasteiger partial charge in [0.05, 0.1) is 22.8 Å². The first-order chi connectivity index (χ1) is 25.7. The van der Waals surface area contributed by atoms with Gasteiger partial charge in [-0.25, -0.2) is 9.98 Å². The number of aliphatic imine (C=N–C) groups is 2. The molecule has 2 aromatic heterocycles. The van der Waals surface area contributed by atoms with Gasteiger partial charge in [-0.2, -0.15) is 0 Å². The molecular formula is C48H42N4Si. The molecule has 5 heterocycles. The fourth-order valence-corrected chi connectivity index (χ4v) is 13.6. The molecular weight excluding hydrogens is 661 g/mol. The summed E-state index contributed by atoms with van der Waals surface area (Å²) in [5, 5.41) is 5.01. The Morgan fingerprint density at radius 3 is 1.19 bits per heavy atom. The van der Waals surface area contributed by atoms with Gasteiger partial charge >= 0.3 is 0 Å². The van der Waals surface area contributed by atoms with E-state index in [4.69, 9.17) is 9.98 Å². The van der Waals surface area contributed by atoms with Crippen LogP contribution in [-0.2, 0) is 0 Å². The van der Waals surface area contributed by atoms with Crippen molar-refractivity contribution in [3.8, 4) is 0 Å². The van der Waals surface area contributed by atoms with Crippen molar-refractivity contribution in [3.63, 3.8) is 0 Å². The molecule has 53 heavy (non-hydrogen) atoms. The monoisotopic (exact) mass is 702 g/mol. The third-order valence-corrected chi connectivity index (χ3v) is 15.6. The zero-order valence-electron chi connectivity index (χ0n) is 31.1. The van der Waals surface area contributed by atoms with Crippen LogP contribution in [0.4, 0.5) is 0 Å². The number of fused-ring (bicyclic) bond motifs is 7. The van der Waals surface area contributed by atoms with E-state index in [0.29, 0.717) is 0 Å². The highest BCUT2D eigenvalue weighted by Crippen LogP contribution is 2.37. The number of aryl methyl sites for hydroxylation is 6. The van der Waals surface area contributed by atoms with Gasteiger partial charge < -0.3 is 9.97 Å². The average molecular weight is 703 g/mol. The maximum Gasteiger partial charge on any atom is 0.217 e. The summed E-state index contributed by atoms with van der Waals surface area (Å²) in [5.41, 5.74) is 17.8. The normalized spacial score (nSPS) is 18.5. The van der Waals surface area contributed by atoms with Crippen molar-refractivity contribution < 1.29 is 0 Å². The maximum absolute atomic E-state index is 5.35. The summed E-state index contributed by atoms with van der Waals surface area (Å²) in [6, 6.07) is 40.5. The van der Waals surface area contributed by atoms with Crippen molar-refractivity contribution in [2.45, 2.75) is 41.5 Å². The van der Waals surface area contributed by atoms with E-state index in [1.807, 2.05) is 0 Å². The topological polar surface area (TPSA) is 56.3 Å². The fraction of sp³-hybridized carbons (Fsp3) is 0.125. The van der Waals surface area contributed by atoms with E-state index in [0.717, 1.165) is 45.4 Å². The van der Waals surface area contributed by atoms with Gasteiger partial charge in [-0.15, -0.1) is 0 Å². The molecule has 3 aliphatic rings. The Morgan fingerprint density at radius 2 is 0.811 bits per heavy atom. The average Bonchev–Trinajstić information content (AvgIpc) is 3.97. The van der Waals surface area contributed by atoms with Crippen molar-refractivity contribution in [2.75, 3.05) is 0 Å². The summed E-state index contributed by atoms with van der Waals surface area (Å²) >= 11 is 0. The van der Waals surface area contributed by atoms with E-state index in [-0.39, 0.29) is 0 Å². The summed E-state index contributed by atoms with van der Waals surface area (Å²) in [6.07, 6.45) is 8.58. The van der Waals surface area contributed by atoms with E-state index < -0.39 is 8.07 Å². The smallest absolute Gasteiger partial charge is 0.217 e. The number of hydrogen-bond donors (Lipinski definition) is 2. The van der Waals surface area contributed by atoms with E-state index in [2.05, 4.69) is 185 Å². The Hall–Kier alpha value is -6.04. The van der Waals surface area contributed by atoms with Gasteiger partial charge in [0.2, 0.25) is 8.07 Å². The Balaban J connectivity index is 1.43. The lowest BCUT2D eigenvalue weighted by Gasteiger charge is -2.32. The molecule has 0 fully saturated rings. The van der Waals surface area contributed by atoms with Crippen LogP contribution in [0.1, 0.15) is 55.9 Å². The summed E-state index contributed by atoms with van der Waals surface area (Å²) in [6.45, 7) is 13.2. The van der Waals surface area contributed by atoms with Crippen LogP contribution in [0.5, 0.6) is 0 Å². The number of allylic oxidation sites excluding steroid dienone is 4. The van der Waals surface area contributed by atoms with Crippen molar-refractivity contribution in [1.82, 2.24) is 9.97 Å². The van der Waals surface area contributed by atoms with Gasteiger partial charge in [0.15, 0.2) is 0 Å². The van der Waals surface area contributed by atoms with Crippen molar-refractivity contribution in [2.24, 2.45) is 9.98 Å². The van der Waals surface area contributed by atoms with Gasteiger partial charge in [-0.05, 0) is 134 Å². The molecule has 3 aliphatic heterocycles. The largest absolute Gasteiger partial charge is 0.361 e. The molecule has 0 unspecified atom stereocenters. The minimum atomic E-state index is -2.96. The molecule has 0 spiro atoms. The van der Waals surface area contributed by atoms with Crippen LogP contribution in [0.2, 0.25) is 0 Å². The number of benzene rings is 4. The highest BCUT2D eigenvalue weighted by molar-refractivity contribution is 7.19. The van der Waals surface area contributed by atoms with Crippen molar-refractivity contribution >= 4 is 51.7 Å². The zero-order valence-corrected chi connectivity index (χ0v) is 32.1. The molecule has 4 nitrogen and oxygen atoms in total. The number of nitrogens with zero attached hydrogens (tertiary/aromatic N) is 2. The quantitative estimate of drug-likeness (QED) is 0.175. The van der Waals surface area contributed by atoms with Gasteiger partial charge in [-0.3, -0.25) is 0 Å². The summed E-state index contributed by atoms with van der Waals surface area (Å²) in [4.78, 5) is 18.9. The number of H-pyrrole nitrogens is 2. The molecule has 0 amide bonds. The molecule has 0 saturated heterocycles. The molecule has 5 heteroatoms. The predicted octanol–water partition coefficient (Wildman–Crippen LogP) is 8.12. The number of aromatic nitrogens is 2. The third-order valence-electron chi connectivity index (χ3n) is 11.0. The summed E-state index contributed by atoms with van der Waals surface area (Å²) in [5.74, 6) is 0. The first kappa shape index (κ1) is 32.8. The van der Waals surface area contributed by atoms with Crippen molar-refractivity contribution in [3.05, 3.63) is 201 Å². The minimum Gasteiger partial charge on any atom is -0.361 e. The van der Waals surface area contributed by atoms with Crippen LogP contribution in [0, 0.1) is 41.5 Å². The highest BCUT2D eigenvalue weighted by Gasteiger charge is 2.44. The summed E-state index contributed by atoms with van der Waals surface area (Å²) in [7, 11) is -2.96. The molecule has 9 rings (SSSR count). The highest BCUT2D eigenvalue weighted by atomic mass is 28.3. The van der Waals surface area contributed by atoms with Crippen LogP contribution < -0.4 is 21.0 Å². The molecule has 4 aromatic carbocycles. The molecule has 0 aliphatic carbocycles. The Bertz CT molecular complexity index is 2420. The van der Waals surface area contributed by atoms with E-state index in [1.54, 1.807) is 0 Å². The second-order valence-corrected chi connectivity index (χ2v) is 18.5. The lowest BCUT2D eigenvalue weighted by atomic mass is 9.91. The van der Waals surface area contributed by atoms with Crippen LogP contribution >= 0.6 is 0 Å². The lowest BCUT2D eigenvalue weighted by Crippen LogP contribution is -2.75. The molecule has 0 saturated carbocycles. The molecule has 0 atom stereocenters. The van der Waals surface area contributed by atoms with Gasteiger partial charge in [0, 0.05) is 33.2 Å². The molecule has 8 bridgehead atoms. The predicted molar refractivity (Wildman–Crippen MR) is 225 cm³/mol. The Kier molecular flexibility index (Phi) is 7.79. The molecule has 258 valence electrons. The number of aromatic amines is 2. The van der Waals surface area contributed by atoms with Gasteiger partial charge in [-0.1, -0.05) is 96.1 Å². The van der Waals surface area contributed by atoms with Crippen LogP contribution in [0.3, 0.4) is 0 Å². The standard InChI is InChI=1S/C48H42N4Si/c1-29-25-31(3)45(32(4)26-29)47-39-19-17-37(49-39)38-18-20-40(50-38)48(46-33(5)27-30(2)28-34(46)6)42-22-24-44(52-42)53(35-13-9-7-10-14-35,36-15-11-8-12-16-36)43-23-21-41(47)51-43/h7-28,51-52H,1-6H3/b47-39+,48-40+. The van der Waals surface area contributed by atoms with E-state index in [9.17, 15) is 0 Å². The van der Waals surface area contributed by atoms with E-state index in [1.165, 1.54) is 65.5 Å². The van der Waals surface area contributed by atoms with E-state index >= 15 is 0 Å². The number of nitrogens with one attached hydrogen (secondary N) is 2. The van der Waals surface area contributed by atoms with Gasteiger partial charge in [0.1, 0.15) is 0 Å². The zero-order chi connectivity index (χ0) is 36.4. The molecule has 2 N–H and O–H groups in total. The lowest BCUT2D eigenvalue weighted by molar-refractivity contribution is 1.25. The Labute approximate surface area is 312 Å². The maximum atomic E-state index is 5.35. The second-order valence-electron chi connectivity index (χ2n) is 14.8. The molecule has 0 radical (unpaired) electrons. The molecule has 6 aromatic rings. The van der Waals surface area contributed by atoms with Crippen LogP contribution in [0.15, 0.2) is 155 Å².